The number of halogens is 1. The zero-order valence-corrected chi connectivity index (χ0v) is 14.6. The van der Waals surface area contributed by atoms with E-state index in [9.17, 15) is 0 Å². The van der Waals surface area contributed by atoms with E-state index < -0.39 is 7.12 Å². The minimum Gasteiger partial charge on any atom is -0.428 e. The summed E-state index contributed by atoms with van der Waals surface area (Å²) < 4.78 is 17.2. The van der Waals surface area contributed by atoms with E-state index in [1.165, 1.54) is 0 Å². The van der Waals surface area contributed by atoms with E-state index in [1.54, 1.807) is 7.48 Å². The Morgan fingerprint density at radius 2 is 1.86 bits per heavy atom. The van der Waals surface area contributed by atoms with Gasteiger partial charge in [-0.15, -0.1) is 0 Å². The van der Waals surface area contributed by atoms with Crippen LogP contribution in [-0.2, 0) is 14.0 Å². The molecule has 2 rings (SSSR count). The maximum atomic E-state index is 6.41. The highest BCUT2D eigenvalue weighted by Gasteiger charge is 2.51. The third-order valence-corrected chi connectivity index (χ3v) is 4.76. The largest absolute Gasteiger partial charge is 0.494 e. The molecule has 119 valence electrons. The van der Waals surface area contributed by atoms with Gasteiger partial charge in [0.2, 0.25) is 0 Å². The molecule has 22 heavy (non-hydrogen) atoms. The first-order valence-corrected chi connectivity index (χ1v) is 7.86. The summed E-state index contributed by atoms with van der Waals surface area (Å²) in [5, 5.41) is 0.664. The Labute approximate surface area is 139 Å². The van der Waals surface area contributed by atoms with Crippen LogP contribution in [0.1, 0.15) is 46.0 Å². The highest BCUT2D eigenvalue weighted by molar-refractivity contribution is 6.62. The summed E-state index contributed by atoms with van der Waals surface area (Å²) in [5.41, 5.74) is 6.50. The smallest absolute Gasteiger partial charge is 0.428 e. The van der Waals surface area contributed by atoms with Crippen LogP contribution in [0.4, 0.5) is 0 Å². The second kappa shape index (κ2) is 6.54. The summed E-state index contributed by atoms with van der Waals surface area (Å²) in [7, 11) is 1.28. The average molecular weight is 322 g/mol. The summed E-state index contributed by atoms with van der Waals surface area (Å²) in [6, 6.07) is 5.85. The Morgan fingerprint density at radius 3 is 2.36 bits per heavy atom. The van der Waals surface area contributed by atoms with Crippen LogP contribution in [-0.4, -0.2) is 32.5 Å². The minimum absolute atomic E-state index is 0.0587. The second-order valence-electron chi connectivity index (χ2n) is 6.63. The minimum atomic E-state index is -0.406. The molecular formula is C15H23B2ClNO3. The number of hydrogen-bond acceptors (Lipinski definition) is 4. The first-order chi connectivity index (χ1) is 10.2. The molecule has 7 heteroatoms. The van der Waals surface area contributed by atoms with Gasteiger partial charge in [0.05, 0.1) is 17.9 Å². The molecule has 1 aliphatic rings. The molecular weight excluding hydrogens is 299 g/mol. The van der Waals surface area contributed by atoms with Crippen LogP contribution in [0.5, 0.6) is 0 Å². The van der Waals surface area contributed by atoms with Gasteiger partial charge in [0.1, 0.15) is 0 Å². The third-order valence-electron chi connectivity index (χ3n) is 4.44. The molecule has 0 bridgehead atoms. The van der Waals surface area contributed by atoms with E-state index in [2.05, 4.69) is 0 Å². The quantitative estimate of drug-likeness (QED) is 0.667. The summed E-state index contributed by atoms with van der Waals surface area (Å²) >= 11 is 6.41. The van der Waals surface area contributed by atoms with Gasteiger partial charge >= 0.3 is 14.6 Å². The number of benzene rings is 1. The molecule has 1 radical (unpaired) electrons. The van der Waals surface area contributed by atoms with Crippen molar-refractivity contribution in [2.45, 2.75) is 51.6 Å². The Balaban J connectivity index is 2.17. The lowest BCUT2D eigenvalue weighted by Crippen LogP contribution is -2.41. The Hall–Kier alpha value is -0.520. The molecule has 1 aliphatic heterocycles. The lowest BCUT2D eigenvalue weighted by molar-refractivity contribution is 0.00578. The summed E-state index contributed by atoms with van der Waals surface area (Å²) in [6.45, 7) is 10.3. The predicted octanol–water partition coefficient (Wildman–Crippen LogP) is 2.25. The van der Waals surface area contributed by atoms with Crippen molar-refractivity contribution in [3.8, 4) is 0 Å². The topological polar surface area (TPSA) is 53.7 Å². The van der Waals surface area contributed by atoms with E-state index in [-0.39, 0.29) is 23.8 Å². The zero-order chi connectivity index (χ0) is 16.5. The van der Waals surface area contributed by atoms with Crippen LogP contribution in [0.2, 0.25) is 5.02 Å². The van der Waals surface area contributed by atoms with Crippen LogP contribution in [0.25, 0.3) is 0 Å². The standard InChI is InChI=1S/C15H23B2ClNO3/c1-10(16-20-9-19)12-7-6-11(8-13(12)18)17-21-14(2,3)15(4,5)22-17/h6-8,10H,9,19H2,1-5H3. The second-order valence-corrected chi connectivity index (χ2v) is 7.03. The number of nitrogens with two attached hydrogens (primary N) is 1. The van der Waals surface area contributed by atoms with Crippen molar-refractivity contribution in [3.05, 3.63) is 28.8 Å². The Morgan fingerprint density at radius 1 is 1.27 bits per heavy atom. The van der Waals surface area contributed by atoms with Crippen molar-refractivity contribution in [1.82, 2.24) is 0 Å². The van der Waals surface area contributed by atoms with Gasteiger partial charge in [-0.2, -0.15) is 0 Å². The fourth-order valence-electron chi connectivity index (χ4n) is 2.31. The van der Waals surface area contributed by atoms with Crippen LogP contribution in [0.3, 0.4) is 0 Å². The van der Waals surface area contributed by atoms with Gasteiger partial charge in [-0.05, 0) is 50.6 Å². The fraction of sp³-hybridized carbons (Fsp3) is 0.600. The highest BCUT2D eigenvalue weighted by atomic mass is 35.5. The van der Waals surface area contributed by atoms with Crippen molar-refractivity contribution >= 4 is 31.7 Å². The van der Waals surface area contributed by atoms with Crippen molar-refractivity contribution in [2.75, 3.05) is 6.73 Å². The van der Waals surface area contributed by atoms with Gasteiger partial charge in [0.25, 0.3) is 0 Å². The molecule has 0 aromatic heterocycles. The molecule has 1 fully saturated rings. The predicted molar refractivity (Wildman–Crippen MR) is 91.5 cm³/mol. The lowest BCUT2D eigenvalue weighted by atomic mass is 9.73. The van der Waals surface area contributed by atoms with E-state index in [0.29, 0.717) is 5.02 Å². The summed E-state index contributed by atoms with van der Waals surface area (Å²) in [6.07, 6.45) is 0. The maximum Gasteiger partial charge on any atom is 0.494 e. The number of hydrogen-bond donors (Lipinski definition) is 1. The first kappa shape index (κ1) is 17.8. The Kier molecular flexibility index (Phi) is 5.30. The van der Waals surface area contributed by atoms with E-state index in [1.807, 2.05) is 52.8 Å². The molecule has 1 aromatic carbocycles. The van der Waals surface area contributed by atoms with Gasteiger partial charge in [0.15, 0.2) is 0 Å². The zero-order valence-electron chi connectivity index (χ0n) is 13.9. The number of rotatable bonds is 5. The molecule has 2 N–H and O–H groups in total. The molecule has 0 saturated carbocycles. The van der Waals surface area contributed by atoms with E-state index in [0.717, 1.165) is 11.0 Å². The van der Waals surface area contributed by atoms with Gasteiger partial charge in [-0.1, -0.05) is 30.7 Å². The van der Waals surface area contributed by atoms with E-state index in [4.69, 9.17) is 31.3 Å². The highest BCUT2D eigenvalue weighted by Crippen LogP contribution is 2.36. The Bertz CT molecular complexity index is 524. The molecule has 0 amide bonds. The summed E-state index contributed by atoms with van der Waals surface area (Å²) in [4.78, 5) is 0. The van der Waals surface area contributed by atoms with Crippen molar-refractivity contribution in [2.24, 2.45) is 5.73 Å². The molecule has 0 aliphatic carbocycles. The van der Waals surface area contributed by atoms with E-state index >= 15 is 0 Å². The fourth-order valence-corrected chi connectivity index (χ4v) is 2.67. The molecule has 1 aromatic rings. The third kappa shape index (κ3) is 3.52. The van der Waals surface area contributed by atoms with Gasteiger partial charge in [-0.25, -0.2) is 0 Å². The van der Waals surface area contributed by atoms with Crippen LogP contribution < -0.4 is 11.2 Å². The van der Waals surface area contributed by atoms with Crippen LogP contribution in [0.15, 0.2) is 18.2 Å². The van der Waals surface area contributed by atoms with Gasteiger partial charge < -0.3 is 19.7 Å². The average Bonchev–Trinajstić information content (AvgIpc) is 2.64. The van der Waals surface area contributed by atoms with Crippen LogP contribution in [0, 0.1) is 0 Å². The van der Waals surface area contributed by atoms with Gasteiger partial charge in [0, 0.05) is 5.02 Å². The van der Waals surface area contributed by atoms with Gasteiger partial charge in [-0.3, -0.25) is 0 Å². The molecule has 1 unspecified atom stereocenters. The molecule has 1 saturated heterocycles. The van der Waals surface area contributed by atoms with Crippen molar-refractivity contribution < 1.29 is 14.0 Å². The van der Waals surface area contributed by atoms with Crippen molar-refractivity contribution in [3.63, 3.8) is 0 Å². The molecule has 1 atom stereocenters. The SMILES string of the molecule is CC([B]OCN)c1ccc(B2OC(C)(C)C(C)(C)O2)cc1Cl. The monoisotopic (exact) mass is 322 g/mol. The first-order valence-electron chi connectivity index (χ1n) is 7.48. The van der Waals surface area contributed by atoms with Crippen molar-refractivity contribution in [1.29, 1.82) is 0 Å². The maximum absolute atomic E-state index is 6.41. The molecule has 0 spiro atoms. The molecule has 4 nitrogen and oxygen atoms in total. The normalized spacial score (nSPS) is 21.0. The summed E-state index contributed by atoms with van der Waals surface area (Å²) in [5.74, 6) is 0.0587. The lowest BCUT2D eigenvalue weighted by Gasteiger charge is -2.32. The molecule has 1 heterocycles. The van der Waals surface area contributed by atoms with Crippen LogP contribution >= 0.6 is 11.6 Å².